The first-order chi connectivity index (χ1) is 13.8. The lowest BCUT2D eigenvalue weighted by Crippen LogP contribution is -2.46. The standard InChI is InChI=1S/C28H36/c1-2-3-11-22-20-27(25-17-8-7-16-24(22)25)28(23-14-5-6-15-23)19-10-13-21-12-4-9-18-26(21)28/h2,4,7-9,12,16-18,22-25,27H,1,3,5-6,10-11,13-15,19-20H2. The van der Waals surface area contributed by atoms with E-state index in [1.54, 1.807) is 11.1 Å². The summed E-state index contributed by atoms with van der Waals surface area (Å²) in [6.07, 6.45) is 25.8. The van der Waals surface area contributed by atoms with Crippen molar-refractivity contribution in [2.75, 3.05) is 0 Å². The van der Waals surface area contributed by atoms with Gasteiger partial charge in [-0.2, -0.15) is 0 Å². The average molecular weight is 373 g/mol. The smallest absolute Gasteiger partial charge is 0.00182 e. The van der Waals surface area contributed by atoms with Gasteiger partial charge in [0.15, 0.2) is 0 Å². The molecule has 2 fully saturated rings. The maximum absolute atomic E-state index is 4.01. The normalized spacial score (nSPS) is 37.0. The fraction of sp³-hybridized carbons (Fsp3) is 0.571. The van der Waals surface area contributed by atoms with Gasteiger partial charge in [-0.25, -0.2) is 0 Å². The average Bonchev–Trinajstić information content (AvgIpc) is 3.41. The number of rotatable bonds is 5. The first-order valence-corrected chi connectivity index (χ1v) is 11.9. The van der Waals surface area contributed by atoms with Gasteiger partial charge in [-0.05, 0) is 92.1 Å². The summed E-state index contributed by atoms with van der Waals surface area (Å²) in [7, 11) is 0. The van der Waals surface area contributed by atoms with Crippen LogP contribution < -0.4 is 0 Å². The van der Waals surface area contributed by atoms with Crippen LogP contribution >= 0.6 is 0 Å². The van der Waals surface area contributed by atoms with Crippen LogP contribution in [-0.4, -0.2) is 0 Å². The number of allylic oxidation sites excluding steroid dienone is 5. The molecule has 148 valence electrons. The van der Waals surface area contributed by atoms with E-state index < -0.39 is 0 Å². The number of hydrogen-bond acceptors (Lipinski definition) is 0. The maximum atomic E-state index is 4.01. The van der Waals surface area contributed by atoms with Gasteiger partial charge in [0.25, 0.3) is 0 Å². The lowest BCUT2D eigenvalue weighted by molar-refractivity contribution is 0.118. The molecule has 0 heteroatoms. The summed E-state index contributed by atoms with van der Waals surface area (Å²) in [5, 5.41) is 0. The van der Waals surface area contributed by atoms with Crippen LogP contribution in [0.15, 0.2) is 61.2 Å². The highest BCUT2D eigenvalue weighted by Crippen LogP contribution is 2.62. The van der Waals surface area contributed by atoms with E-state index in [9.17, 15) is 0 Å². The Labute approximate surface area is 171 Å². The summed E-state index contributed by atoms with van der Waals surface area (Å²) in [4.78, 5) is 0. The van der Waals surface area contributed by atoms with E-state index in [4.69, 9.17) is 0 Å². The zero-order valence-corrected chi connectivity index (χ0v) is 17.4. The maximum Gasteiger partial charge on any atom is 0.00182 e. The molecule has 0 radical (unpaired) electrons. The summed E-state index contributed by atoms with van der Waals surface area (Å²) in [5.74, 6) is 4.05. The van der Waals surface area contributed by atoms with Crippen LogP contribution in [0.5, 0.6) is 0 Å². The summed E-state index contributed by atoms with van der Waals surface area (Å²) >= 11 is 0. The fourth-order valence-corrected chi connectivity index (χ4v) is 7.80. The van der Waals surface area contributed by atoms with Crippen LogP contribution in [0.4, 0.5) is 0 Å². The minimum atomic E-state index is 0.423. The van der Waals surface area contributed by atoms with Crippen LogP contribution in [0, 0.1) is 29.6 Å². The van der Waals surface area contributed by atoms with Gasteiger partial charge in [0.1, 0.15) is 0 Å². The Morgan fingerprint density at radius 1 is 1.00 bits per heavy atom. The molecule has 0 bridgehead atoms. The topological polar surface area (TPSA) is 0 Å². The van der Waals surface area contributed by atoms with Gasteiger partial charge in [-0.15, -0.1) is 6.58 Å². The van der Waals surface area contributed by atoms with Crippen molar-refractivity contribution in [2.45, 2.75) is 69.6 Å². The molecule has 0 amide bonds. The molecule has 0 saturated heterocycles. The van der Waals surface area contributed by atoms with Gasteiger partial charge in [-0.3, -0.25) is 0 Å². The third-order valence-corrected chi connectivity index (χ3v) is 8.83. The van der Waals surface area contributed by atoms with Crippen molar-refractivity contribution in [1.29, 1.82) is 0 Å². The van der Waals surface area contributed by atoms with E-state index in [-0.39, 0.29) is 0 Å². The molecule has 1 aromatic rings. The molecule has 5 atom stereocenters. The van der Waals surface area contributed by atoms with Crippen LogP contribution in [0.25, 0.3) is 0 Å². The van der Waals surface area contributed by atoms with Gasteiger partial charge < -0.3 is 0 Å². The molecule has 5 rings (SSSR count). The summed E-state index contributed by atoms with van der Waals surface area (Å²) < 4.78 is 0. The van der Waals surface area contributed by atoms with Gasteiger partial charge in [0.2, 0.25) is 0 Å². The van der Waals surface area contributed by atoms with E-state index in [0.29, 0.717) is 5.41 Å². The zero-order valence-electron chi connectivity index (χ0n) is 17.4. The summed E-state index contributed by atoms with van der Waals surface area (Å²) in [6, 6.07) is 9.57. The van der Waals surface area contributed by atoms with E-state index in [1.165, 1.54) is 64.2 Å². The molecule has 2 saturated carbocycles. The van der Waals surface area contributed by atoms with Crippen molar-refractivity contribution < 1.29 is 0 Å². The molecule has 0 spiro atoms. The largest absolute Gasteiger partial charge is 0.103 e. The van der Waals surface area contributed by atoms with Crippen LogP contribution in [0.2, 0.25) is 0 Å². The highest BCUT2D eigenvalue weighted by Gasteiger charge is 2.56. The van der Waals surface area contributed by atoms with E-state index >= 15 is 0 Å². The van der Waals surface area contributed by atoms with Crippen molar-refractivity contribution in [3.05, 3.63) is 72.4 Å². The fourth-order valence-electron chi connectivity index (χ4n) is 7.80. The van der Waals surface area contributed by atoms with Crippen molar-refractivity contribution in [3.8, 4) is 0 Å². The van der Waals surface area contributed by atoms with Crippen molar-refractivity contribution in [2.24, 2.45) is 29.6 Å². The summed E-state index contributed by atoms with van der Waals surface area (Å²) in [6.45, 7) is 4.01. The van der Waals surface area contributed by atoms with E-state index in [2.05, 4.69) is 61.2 Å². The van der Waals surface area contributed by atoms with Gasteiger partial charge in [0, 0.05) is 5.41 Å². The number of hydrogen-bond donors (Lipinski definition) is 0. The number of aryl methyl sites for hydroxylation is 1. The molecule has 0 aliphatic heterocycles. The Hall–Kier alpha value is -1.56. The summed E-state index contributed by atoms with van der Waals surface area (Å²) in [5.41, 5.74) is 3.85. The molecule has 28 heavy (non-hydrogen) atoms. The van der Waals surface area contributed by atoms with Crippen molar-refractivity contribution in [3.63, 3.8) is 0 Å². The third-order valence-electron chi connectivity index (χ3n) is 8.83. The van der Waals surface area contributed by atoms with Crippen LogP contribution in [0.1, 0.15) is 68.9 Å². The van der Waals surface area contributed by atoms with Gasteiger partial charge >= 0.3 is 0 Å². The minimum Gasteiger partial charge on any atom is -0.103 e. The lowest BCUT2D eigenvalue weighted by atomic mass is 9.53. The van der Waals surface area contributed by atoms with Crippen molar-refractivity contribution >= 4 is 0 Å². The molecular weight excluding hydrogens is 336 g/mol. The lowest BCUT2D eigenvalue weighted by Gasteiger charge is -2.50. The molecule has 4 aliphatic rings. The molecule has 0 aromatic heterocycles. The predicted octanol–water partition coefficient (Wildman–Crippen LogP) is 7.41. The van der Waals surface area contributed by atoms with Crippen LogP contribution in [-0.2, 0) is 11.8 Å². The Morgan fingerprint density at radius 2 is 1.79 bits per heavy atom. The van der Waals surface area contributed by atoms with Gasteiger partial charge in [0.05, 0.1) is 0 Å². The molecule has 0 N–H and O–H groups in total. The second-order valence-electron chi connectivity index (χ2n) is 9.93. The Kier molecular flexibility index (Phi) is 5.07. The first-order valence-electron chi connectivity index (χ1n) is 11.9. The molecule has 0 nitrogen and oxygen atoms in total. The Balaban J connectivity index is 1.60. The number of benzene rings is 1. The molecule has 1 aromatic carbocycles. The Morgan fingerprint density at radius 3 is 2.61 bits per heavy atom. The highest BCUT2D eigenvalue weighted by molar-refractivity contribution is 5.40. The van der Waals surface area contributed by atoms with Gasteiger partial charge in [-0.1, -0.05) is 67.5 Å². The van der Waals surface area contributed by atoms with Crippen LogP contribution in [0.3, 0.4) is 0 Å². The highest BCUT2D eigenvalue weighted by atomic mass is 14.6. The first kappa shape index (κ1) is 18.5. The van der Waals surface area contributed by atoms with E-state index in [1.807, 2.05) is 0 Å². The van der Waals surface area contributed by atoms with E-state index in [0.717, 1.165) is 29.6 Å². The molecule has 0 heterocycles. The monoisotopic (exact) mass is 372 g/mol. The molecule has 5 unspecified atom stereocenters. The second-order valence-corrected chi connectivity index (χ2v) is 9.93. The quantitative estimate of drug-likeness (QED) is 0.472. The van der Waals surface area contributed by atoms with Crippen molar-refractivity contribution in [1.82, 2.24) is 0 Å². The minimum absolute atomic E-state index is 0.423. The molecule has 4 aliphatic carbocycles. The third kappa shape index (κ3) is 2.87. The second kappa shape index (κ2) is 7.69. The predicted molar refractivity (Wildman–Crippen MR) is 119 cm³/mol. The molecular formula is C28H36. The SMILES string of the molecule is C=CCCC1CC(C2(C3CCCC3)CCCc3ccccc32)C2C=CC=CC12. The zero-order chi connectivity index (χ0) is 19.0. The number of fused-ring (bicyclic) bond motifs is 2. The Bertz CT molecular complexity index is 762.